The molecule has 1 aliphatic rings. The predicted molar refractivity (Wildman–Crippen MR) is 124 cm³/mol. The van der Waals surface area contributed by atoms with Crippen molar-refractivity contribution >= 4 is 28.8 Å². The van der Waals surface area contributed by atoms with Crippen LogP contribution >= 0.6 is 11.6 Å². The predicted octanol–water partition coefficient (Wildman–Crippen LogP) is 4.39. The molecule has 0 saturated carbocycles. The molecule has 0 bridgehead atoms. The van der Waals surface area contributed by atoms with E-state index in [-0.39, 0.29) is 36.4 Å². The number of rotatable bonds is 7. The summed E-state index contributed by atoms with van der Waals surface area (Å²) in [6.07, 6.45) is 1.89. The lowest BCUT2D eigenvalue weighted by molar-refractivity contribution is 0.0915. The molecule has 168 valence electrons. The Bertz CT molecular complexity index is 1230. The Balaban J connectivity index is 1.62. The summed E-state index contributed by atoms with van der Waals surface area (Å²) in [5.41, 5.74) is 1.05. The molecule has 33 heavy (non-hydrogen) atoms. The van der Waals surface area contributed by atoms with E-state index in [2.05, 4.69) is 15.3 Å². The molecule has 2 heterocycles. The summed E-state index contributed by atoms with van der Waals surface area (Å²) in [6, 6.07) is 15.2. The van der Waals surface area contributed by atoms with Crippen LogP contribution < -0.4 is 5.32 Å². The van der Waals surface area contributed by atoms with Gasteiger partial charge in [-0.2, -0.15) is 0 Å². The lowest BCUT2D eigenvalue weighted by Crippen LogP contribution is -2.40. The van der Waals surface area contributed by atoms with Gasteiger partial charge in [-0.25, -0.2) is 8.78 Å². The summed E-state index contributed by atoms with van der Waals surface area (Å²) in [5, 5.41) is 12.9. The number of aliphatic hydroxyl groups excluding tert-OH is 1. The normalized spacial score (nSPS) is 14.2. The topological polar surface area (TPSA) is 74.6 Å². The van der Waals surface area contributed by atoms with Crippen molar-refractivity contribution in [3.05, 3.63) is 106 Å². The minimum atomic E-state index is -0.765. The standard InChI is InChI=1S/C25H20ClF2N3O2/c26-16-9-7-15(8-10-16)20-13-30-24(23(20)28)22-19(5-3-6-21(22)27)25(33)31-18(14-32)12-17-4-1-2-11-29-17/h1-11,18,32H,12-14H2,(H,31,33)/t18-/m1/s1. The zero-order valence-electron chi connectivity index (χ0n) is 17.4. The number of amides is 1. The highest BCUT2D eigenvalue weighted by molar-refractivity contribution is 6.30. The highest BCUT2D eigenvalue weighted by Gasteiger charge is 2.29. The quantitative estimate of drug-likeness (QED) is 0.541. The van der Waals surface area contributed by atoms with E-state index in [9.17, 15) is 14.3 Å². The Morgan fingerprint density at radius 3 is 2.58 bits per heavy atom. The van der Waals surface area contributed by atoms with Crippen LogP contribution in [0.25, 0.3) is 5.57 Å². The van der Waals surface area contributed by atoms with Gasteiger partial charge in [0.1, 0.15) is 11.5 Å². The van der Waals surface area contributed by atoms with Crippen LogP contribution in [0.4, 0.5) is 8.78 Å². The first kappa shape index (κ1) is 22.8. The average molecular weight is 468 g/mol. The number of hydrogen-bond acceptors (Lipinski definition) is 4. The fourth-order valence-corrected chi connectivity index (χ4v) is 3.77. The van der Waals surface area contributed by atoms with E-state index in [4.69, 9.17) is 11.6 Å². The van der Waals surface area contributed by atoms with E-state index >= 15 is 4.39 Å². The summed E-state index contributed by atoms with van der Waals surface area (Å²) >= 11 is 5.91. The van der Waals surface area contributed by atoms with Crippen molar-refractivity contribution in [2.45, 2.75) is 12.5 Å². The fourth-order valence-electron chi connectivity index (χ4n) is 3.65. The van der Waals surface area contributed by atoms with Crippen molar-refractivity contribution in [3.63, 3.8) is 0 Å². The van der Waals surface area contributed by atoms with Crippen molar-refractivity contribution in [2.24, 2.45) is 4.99 Å². The van der Waals surface area contributed by atoms with Gasteiger partial charge in [0.2, 0.25) is 0 Å². The zero-order valence-corrected chi connectivity index (χ0v) is 18.2. The molecule has 1 aromatic heterocycles. The molecule has 1 aliphatic heterocycles. The third kappa shape index (κ3) is 4.99. The van der Waals surface area contributed by atoms with Gasteiger partial charge in [-0.15, -0.1) is 0 Å². The molecule has 4 rings (SSSR count). The lowest BCUT2D eigenvalue weighted by Gasteiger charge is -2.17. The van der Waals surface area contributed by atoms with Crippen LogP contribution in [0, 0.1) is 5.82 Å². The molecule has 0 saturated heterocycles. The number of benzene rings is 2. The van der Waals surface area contributed by atoms with Gasteiger partial charge in [-0.3, -0.25) is 14.8 Å². The highest BCUT2D eigenvalue weighted by Crippen LogP contribution is 2.31. The second-order valence-corrected chi connectivity index (χ2v) is 7.94. The van der Waals surface area contributed by atoms with Gasteiger partial charge < -0.3 is 10.4 Å². The minimum absolute atomic E-state index is 0.0110. The summed E-state index contributed by atoms with van der Waals surface area (Å²) in [6.45, 7) is -0.333. The fraction of sp³-hybridized carbons (Fsp3) is 0.160. The van der Waals surface area contributed by atoms with E-state index in [1.165, 1.54) is 12.1 Å². The Hall–Kier alpha value is -3.42. The van der Waals surface area contributed by atoms with Gasteiger partial charge in [-0.05, 0) is 42.0 Å². The third-order valence-corrected chi connectivity index (χ3v) is 5.55. The molecule has 0 fully saturated rings. The van der Waals surface area contributed by atoms with Crippen LogP contribution in [0.2, 0.25) is 5.02 Å². The van der Waals surface area contributed by atoms with E-state index in [0.717, 1.165) is 6.07 Å². The number of carbonyl (C=O) groups is 1. The smallest absolute Gasteiger partial charge is 0.252 e. The molecule has 0 aliphatic carbocycles. The first-order chi connectivity index (χ1) is 16.0. The first-order valence-electron chi connectivity index (χ1n) is 10.3. The van der Waals surface area contributed by atoms with Gasteiger partial charge >= 0.3 is 0 Å². The molecule has 3 aromatic rings. The number of nitrogens with zero attached hydrogens (tertiary/aromatic N) is 2. The van der Waals surface area contributed by atoms with Crippen molar-refractivity contribution in [1.29, 1.82) is 0 Å². The van der Waals surface area contributed by atoms with Crippen LogP contribution in [0.5, 0.6) is 0 Å². The number of pyridine rings is 1. The van der Waals surface area contributed by atoms with Gasteiger partial charge in [-0.1, -0.05) is 35.9 Å². The number of aromatic nitrogens is 1. The number of aliphatic imine (C=N–C) groups is 1. The molecular weight excluding hydrogens is 448 g/mol. The molecule has 8 heteroatoms. The van der Waals surface area contributed by atoms with Crippen molar-refractivity contribution in [3.8, 4) is 0 Å². The second kappa shape index (κ2) is 10.0. The Morgan fingerprint density at radius 1 is 1.09 bits per heavy atom. The van der Waals surface area contributed by atoms with Crippen LogP contribution in [0.1, 0.15) is 27.2 Å². The maximum absolute atomic E-state index is 15.3. The molecular formula is C25H20ClF2N3O2. The largest absolute Gasteiger partial charge is 0.394 e. The Labute approximate surface area is 194 Å². The Morgan fingerprint density at radius 2 is 1.88 bits per heavy atom. The van der Waals surface area contributed by atoms with Gasteiger partial charge in [0.05, 0.1) is 30.3 Å². The summed E-state index contributed by atoms with van der Waals surface area (Å²) in [7, 11) is 0. The van der Waals surface area contributed by atoms with Gasteiger partial charge in [0, 0.05) is 28.9 Å². The van der Waals surface area contributed by atoms with Crippen molar-refractivity contribution in [2.75, 3.05) is 13.2 Å². The maximum atomic E-state index is 15.3. The molecule has 5 nitrogen and oxygen atoms in total. The molecule has 0 radical (unpaired) electrons. The molecule has 1 atom stereocenters. The summed E-state index contributed by atoms with van der Waals surface area (Å²) in [4.78, 5) is 21.4. The van der Waals surface area contributed by atoms with Crippen molar-refractivity contribution in [1.82, 2.24) is 10.3 Å². The minimum Gasteiger partial charge on any atom is -0.394 e. The number of allylic oxidation sites excluding steroid dienone is 1. The van der Waals surface area contributed by atoms with Crippen LogP contribution in [0.3, 0.4) is 0 Å². The van der Waals surface area contributed by atoms with Crippen LogP contribution in [0.15, 0.2) is 77.7 Å². The van der Waals surface area contributed by atoms with E-state index in [1.54, 1.807) is 48.7 Å². The van der Waals surface area contributed by atoms with Crippen molar-refractivity contribution < 1.29 is 18.7 Å². The van der Waals surface area contributed by atoms with Gasteiger partial charge in [0.15, 0.2) is 5.83 Å². The SMILES string of the molecule is O=C(N[C@@H](CO)Cc1ccccn1)c1cccc(F)c1C1=NCC(c2ccc(Cl)cc2)=C1F. The molecule has 2 N–H and O–H groups in total. The Kier molecular flexibility index (Phi) is 6.91. The average Bonchev–Trinajstić information content (AvgIpc) is 3.20. The number of nitrogens with one attached hydrogen (secondary N) is 1. The lowest BCUT2D eigenvalue weighted by atomic mass is 9.98. The maximum Gasteiger partial charge on any atom is 0.252 e. The monoisotopic (exact) mass is 467 g/mol. The van der Waals surface area contributed by atoms with Gasteiger partial charge in [0.25, 0.3) is 5.91 Å². The number of halogens is 3. The molecule has 1 amide bonds. The summed E-state index contributed by atoms with van der Waals surface area (Å²) in [5.74, 6) is -2.10. The van der Waals surface area contributed by atoms with Crippen LogP contribution in [-0.2, 0) is 6.42 Å². The molecule has 2 aromatic carbocycles. The van der Waals surface area contributed by atoms with E-state index in [1.807, 2.05) is 0 Å². The number of aliphatic hydroxyl groups is 1. The highest BCUT2D eigenvalue weighted by atomic mass is 35.5. The number of hydrogen-bond donors (Lipinski definition) is 2. The van der Waals surface area contributed by atoms with E-state index in [0.29, 0.717) is 21.9 Å². The second-order valence-electron chi connectivity index (χ2n) is 7.50. The first-order valence-corrected chi connectivity index (χ1v) is 10.7. The number of carbonyl (C=O) groups excluding carboxylic acids is 1. The van der Waals surface area contributed by atoms with Crippen LogP contribution in [-0.4, -0.2) is 40.9 Å². The molecule has 0 spiro atoms. The third-order valence-electron chi connectivity index (χ3n) is 5.29. The molecule has 0 unspecified atom stereocenters. The zero-order chi connectivity index (χ0) is 23.4. The summed E-state index contributed by atoms with van der Waals surface area (Å²) < 4.78 is 30.2. The van der Waals surface area contributed by atoms with E-state index < -0.39 is 23.6 Å².